The largest absolute Gasteiger partial charge is 0.346 e. The number of hydrogen-bond donors (Lipinski definition) is 2. The standard InChI is InChI=1S/C16H22BrN3O2/c1-3-20-8-4-5-13(20)10-18-15(21)16(22)19-14-7-6-12(17)9-11(14)2/h6-7,9,13H,3-5,8,10H2,1-2H3,(H,18,21)(H,19,22)/t13-/m0/s1. The molecule has 5 nitrogen and oxygen atoms in total. The van der Waals surface area contributed by atoms with Crippen LogP contribution in [0, 0.1) is 6.92 Å². The molecule has 2 N–H and O–H groups in total. The van der Waals surface area contributed by atoms with Crippen molar-refractivity contribution >= 4 is 33.4 Å². The van der Waals surface area contributed by atoms with E-state index in [9.17, 15) is 9.59 Å². The van der Waals surface area contributed by atoms with Gasteiger partial charge in [-0.1, -0.05) is 22.9 Å². The zero-order valence-electron chi connectivity index (χ0n) is 13.0. The Hall–Kier alpha value is -1.40. The number of likely N-dealkylation sites (tertiary alicyclic amines) is 1. The maximum atomic E-state index is 12.0. The Morgan fingerprint density at radius 1 is 1.36 bits per heavy atom. The lowest BCUT2D eigenvalue weighted by Crippen LogP contribution is -2.43. The van der Waals surface area contributed by atoms with Crippen LogP contribution in [0.2, 0.25) is 0 Å². The molecule has 1 aliphatic rings. The minimum Gasteiger partial charge on any atom is -0.346 e. The van der Waals surface area contributed by atoms with Gasteiger partial charge in [-0.15, -0.1) is 0 Å². The van der Waals surface area contributed by atoms with Gasteiger partial charge in [0.25, 0.3) is 0 Å². The van der Waals surface area contributed by atoms with Crippen molar-refractivity contribution in [3.8, 4) is 0 Å². The third-order valence-electron chi connectivity index (χ3n) is 4.05. The quantitative estimate of drug-likeness (QED) is 0.802. The third kappa shape index (κ3) is 4.30. The lowest BCUT2D eigenvalue weighted by Gasteiger charge is -2.22. The molecule has 0 aliphatic carbocycles. The molecule has 120 valence electrons. The second-order valence-corrected chi connectivity index (χ2v) is 6.46. The summed E-state index contributed by atoms with van der Waals surface area (Å²) < 4.78 is 0.938. The van der Waals surface area contributed by atoms with E-state index in [-0.39, 0.29) is 0 Å². The second kappa shape index (κ2) is 7.74. The number of carbonyl (C=O) groups excluding carboxylic acids is 2. The van der Waals surface area contributed by atoms with Crippen LogP contribution in [0.3, 0.4) is 0 Å². The van der Waals surface area contributed by atoms with Crippen LogP contribution in [0.1, 0.15) is 25.3 Å². The lowest BCUT2D eigenvalue weighted by atomic mass is 10.2. The molecule has 2 rings (SSSR count). The summed E-state index contributed by atoms with van der Waals surface area (Å²) in [5.41, 5.74) is 1.56. The number of hydrogen-bond acceptors (Lipinski definition) is 3. The number of rotatable bonds is 4. The van der Waals surface area contributed by atoms with E-state index in [1.807, 2.05) is 19.1 Å². The SMILES string of the molecule is CCN1CCC[C@H]1CNC(=O)C(=O)Nc1ccc(Br)cc1C. The predicted molar refractivity (Wildman–Crippen MR) is 90.8 cm³/mol. The van der Waals surface area contributed by atoms with E-state index >= 15 is 0 Å². The minimum absolute atomic E-state index is 0.344. The molecular weight excluding hydrogens is 346 g/mol. The summed E-state index contributed by atoms with van der Waals surface area (Å²) in [5.74, 6) is -1.20. The molecule has 1 fully saturated rings. The molecule has 0 bridgehead atoms. The molecule has 0 saturated carbocycles. The smallest absolute Gasteiger partial charge is 0.313 e. The van der Waals surface area contributed by atoms with Gasteiger partial charge in [-0.25, -0.2) is 0 Å². The Balaban J connectivity index is 1.85. The number of amides is 2. The molecular formula is C16H22BrN3O2. The number of halogens is 1. The van der Waals surface area contributed by atoms with E-state index in [0.29, 0.717) is 18.3 Å². The monoisotopic (exact) mass is 367 g/mol. The van der Waals surface area contributed by atoms with Crippen molar-refractivity contribution in [2.24, 2.45) is 0 Å². The second-order valence-electron chi connectivity index (χ2n) is 5.55. The first-order valence-corrected chi connectivity index (χ1v) is 8.40. The van der Waals surface area contributed by atoms with Crippen LogP contribution in [-0.2, 0) is 9.59 Å². The van der Waals surface area contributed by atoms with E-state index < -0.39 is 11.8 Å². The highest BCUT2D eigenvalue weighted by atomic mass is 79.9. The maximum Gasteiger partial charge on any atom is 0.313 e. The number of carbonyl (C=O) groups is 2. The Morgan fingerprint density at radius 3 is 2.82 bits per heavy atom. The molecule has 6 heteroatoms. The summed E-state index contributed by atoms with van der Waals surface area (Å²) in [6, 6.07) is 5.85. The van der Waals surface area contributed by atoms with Crippen molar-refractivity contribution < 1.29 is 9.59 Å². The fourth-order valence-electron chi connectivity index (χ4n) is 2.78. The molecule has 0 aromatic heterocycles. The normalized spacial score (nSPS) is 18.2. The first-order chi connectivity index (χ1) is 10.5. The van der Waals surface area contributed by atoms with E-state index in [4.69, 9.17) is 0 Å². The summed E-state index contributed by atoms with van der Waals surface area (Å²) in [7, 11) is 0. The molecule has 1 atom stereocenters. The maximum absolute atomic E-state index is 12.0. The van der Waals surface area contributed by atoms with Gasteiger partial charge in [-0.05, 0) is 56.6 Å². The first kappa shape index (κ1) is 17.0. The number of benzene rings is 1. The summed E-state index contributed by atoms with van der Waals surface area (Å²) >= 11 is 3.37. The molecule has 1 aliphatic heterocycles. The molecule has 22 heavy (non-hydrogen) atoms. The average molecular weight is 368 g/mol. The highest BCUT2D eigenvalue weighted by Gasteiger charge is 2.24. The van der Waals surface area contributed by atoms with Gasteiger partial charge in [0, 0.05) is 22.7 Å². The molecule has 2 amide bonds. The zero-order valence-corrected chi connectivity index (χ0v) is 14.6. The van der Waals surface area contributed by atoms with Gasteiger partial charge >= 0.3 is 11.8 Å². The van der Waals surface area contributed by atoms with Crippen LogP contribution < -0.4 is 10.6 Å². The molecule has 1 saturated heterocycles. The highest BCUT2D eigenvalue weighted by Crippen LogP contribution is 2.20. The van der Waals surface area contributed by atoms with Crippen molar-refractivity contribution in [2.45, 2.75) is 32.7 Å². The molecule has 0 radical (unpaired) electrons. The van der Waals surface area contributed by atoms with E-state index in [1.165, 1.54) is 0 Å². The minimum atomic E-state index is -0.619. The molecule has 1 aromatic carbocycles. The molecule has 0 unspecified atom stereocenters. The lowest BCUT2D eigenvalue weighted by molar-refractivity contribution is -0.136. The summed E-state index contributed by atoms with van der Waals surface area (Å²) in [6.07, 6.45) is 2.22. The van der Waals surface area contributed by atoms with Crippen LogP contribution in [0.4, 0.5) is 5.69 Å². The Bertz CT molecular complexity index is 562. The van der Waals surface area contributed by atoms with Crippen molar-refractivity contribution in [3.63, 3.8) is 0 Å². The van der Waals surface area contributed by atoms with Crippen LogP contribution in [-0.4, -0.2) is 42.4 Å². The van der Waals surface area contributed by atoms with Gasteiger partial charge in [-0.2, -0.15) is 0 Å². The summed E-state index contributed by atoms with van der Waals surface area (Å²) in [6.45, 7) is 6.57. The fourth-order valence-corrected chi connectivity index (χ4v) is 3.26. The van der Waals surface area contributed by atoms with Crippen molar-refractivity contribution in [1.82, 2.24) is 10.2 Å². The Labute approximate surface area is 139 Å². The zero-order chi connectivity index (χ0) is 16.1. The van der Waals surface area contributed by atoms with Crippen LogP contribution in [0.15, 0.2) is 22.7 Å². The number of nitrogens with zero attached hydrogens (tertiary/aromatic N) is 1. The third-order valence-corrected chi connectivity index (χ3v) is 4.54. The number of likely N-dealkylation sites (N-methyl/N-ethyl adjacent to an activating group) is 1. The van der Waals surface area contributed by atoms with Crippen LogP contribution >= 0.6 is 15.9 Å². The van der Waals surface area contributed by atoms with Gasteiger partial charge < -0.3 is 10.6 Å². The van der Waals surface area contributed by atoms with Gasteiger partial charge in [0.1, 0.15) is 0 Å². The topological polar surface area (TPSA) is 61.4 Å². The number of nitrogens with one attached hydrogen (secondary N) is 2. The average Bonchev–Trinajstić information content (AvgIpc) is 2.95. The van der Waals surface area contributed by atoms with Crippen molar-refractivity contribution in [3.05, 3.63) is 28.2 Å². The fraction of sp³-hybridized carbons (Fsp3) is 0.500. The van der Waals surface area contributed by atoms with E-state index in [1.54, 1.807) is 6.07 Å². The summed E-state index contributed by atoms with van der Waals surface area (Å²) in [5, 5.41) is 5.39. The van der Waals surface area contributed by atoms with Gasteiger partial charge in [-0.3, -0.25) is 14.5 Å². The molecule has 1 aromatic rings. The van der Waals surface area contributed by atoms with Gasteiger partial charge in [0.05, 0.1) is 0 Å². The van der Waals surface area contributed by atoms with Crippen LogP contribution in [0.25, 0.3) is 0 Å². The number of anilines is 1. The molecule has 0 spiro atoms. The summed E-state index contributed by atoms with van der Waals surface area (Å²) in [4.78, 5) is 26.2. The van der Waals surface area contributed by atoms with Gasteiger partial charge in [0.2, 0.25) is 0 Å². The van der Waals surface area contributed by atoms with Crippen LogP contribution in [0.5, 0.6) is 0 Å². The van der Waals surface area contributed by atoms with E-state index in [2.05, 4.69) is 38.4 Å². The van der Waals surface area contributed by atoms with Crippen molar-refractivity contribution in [2.75, 3.05) is 25.0 Å². The molecule has 1 heterocycles. The van der Waals surface area contributed by atoms with Crippen molar-refractivity contribution in [1.29, 1.82) is 0 Å². The first-order valence-electron chi connectivity index (χ1n) is 7.60. The van der Waals surface area contributed by atoms with Gasteiger partial charge in [0.15, 0.2) is 0 Å². The predicted octanol–water partition coefficient (Wildman–Crippen LogP) is 2.30. The highest BCUT2D eigenvalue weighted by molar-refractivity contribution is 9.10. The Kier molecular flexibility index (Phi) is 5.97. The number of aryl methyl sites for hydroxylation is 1. The van der Waals surface area contributed by atoms with E-state index in [0.717, 1.165) is 36.0 Å². The Morgan fingerprint density at radius 2 is 2.14 bits per heavy atom.